The lowest BCUT2D eigenvalue weighted by molar-refractivity contribution is -0.0138. The fourth-order valence-electron chi connectivity index (χ4n) is 2.74. The molecule has 1 aliphatic rings. The lowest BCUT2D eigenvalue weighted by Gasteiger charge is -2.43. The van der Waals surface area contributed by atoms with Gasteiger partial charge < -0.3 is 10.5 Å². The molecule has 0 radical (unpaired) electrons. The molecule has 2 heterocycles. The third-order valence-electron chi connectivity index (χ3n) is 3.97. The maximum absolute atomic E-state index is 12.5. The van der Waals surface area contributed by atoms with Gasteiger partial charge in [-0.1, -0.05) is 0 Å². The molecule has 0 aliphatic carbocycles. The number of amides is 1. The lowest BCUT2D eigenvalue weighted by Crippen LogP contribution is -2.52. The molecule has 0 bridgehead atoms. The van der Waals surface area contributed by atoms with Crippen LogP contribution < -0.4 is 5.73 Å². The molecule has 0 saturated carbocycles. The highest BCUT2D eigenvalue weighted by atomic mass is 16.6. The van der Waals surface area contributed by atoms with Gasteiger partial charge >= 0.3 is 6.09 Å². The number of rotatable bonds is 1. The van der Waals surface area contributed by atoms with Gasteiger partial charge in [0.05, 0.1) is 11.2 Å². The van der Waals surface area contributed by atoms with E-state index in [1.54, 1.807) is 9.58 Å². The summed E-state index contributed by atoms with van der Waals surface area (Å²) in [4.78, 5) is 14.3. The molecule has 2 rings (SSSR count). The zero-order valence-electron chi connectivity index (χ0n) is 13.6. The predicted molar refractivity (Wildman–Crippen MR) is 81.8 cm³/mol. The first-order valence-electron chi connectivity index (χ1n) is 7.44. The normalized spacial score (nSPS) is 23.2. The summed E-state index contributed by atoms with van der Waals surface area (Å²) >= 11 is 0. The van der Waals surface area contributed by atoms with Crippen LogP contribution in [0.5, 0.6) is 0 Å². The number of aryl methyl sites for hydroxylation is 1. The Hall–Kier alpha value is -1.72. The predicted octanol–water partition coefficient (Wildman–Crippen LogP) is 2.64. The molecule has 118 valence electrons. The van der Waals surface area contributed by atoms with Gasteiger partial charge in [0.25, 0.3) is 0 Å². The van der Waals surface area contributed by atoms with Crippen molar-refractivity contribution >= 4 is 11.9 Å². The summed E-state index contributed by atoms with van der Waals surface area (Å²) < 4.78 is 7.19. The van der Waals surface area contributed by atoms with Crippen LogP contribution in [0, 0.1) is 0 Å². The molecule has 6 heteroatoms. The van der Waals surface area contributed by atoms with Crippen LogP contribution in [-0.4, -0.2) is 32.9 Å². The van der Waals surface area contributed by atoms with E-state index < -0.39 is 11.1 Å². The number of nitrogens with two attached hydrogens (primary N) is 1. The van der Waals surface area contributed by atoms with Gasteiger partial charge in [-0.25, -0.2) is 4.79 Å². The summed E-state index contributed by atoms with van der Waals surface area (Å²) in [6.07, 6.45) is 2.63. The Morgan fingerprint density at radius 1 is 1.43 bits per heavy atom. The number of hydrogen-bond acceptors (Lipinski definition) is 4. The van der Waals surface area contributed by atoms with E-state index in [1.807, 2.05) is 40.8 Å². The molecule has 1 unspecified atom stereocenters. The molecule has 1 atom stereocenters. The van der Waals surface area contributed by atoms with Crippen molar-refractivity contribution in [3.05, 3.63) is 11.8 Å². The molecule has 1 saturated heterocycles. The number of hydrogen-bond donors (Lipinski definition) is 1. The Balaban J connectivity index is 2.31. The van der Waals surface area contributed by atoms with E-state index in [4.69, 9.17) is 10.5 Å². The topological polar surface area (TPSA) is 73.4 Å². The highest BCUT2D eigenvalue weighted by molar-refractivity contribution is 5.69. The summed E-state index contributed by atoms with van der Waals surface area (Å²) in [5.41, 5.74) is 5.76. The second-order valence-electron chi connectivity index (χ2n) is 6.94. The maximum atomic E-state index is 12.5. The first-order valence-corrected chi connectivity index (χ1v) is 7.44. The number of piperidine rings is 1. The summed E-state index contributed by atoms with van der Waals surface area (Å²) in [6, 6.07) is 1.85. The van der Waals surface area contributed by atoms with Crippen LogP contribution in [0.2, 0.25) is 0 Å². The molecule has 0 spiro atoms. The van der Waals surface area contributed by atoms with Gasteiger partial charge in [0.2, 0.25) is 0 Å². The van der Waals surface area contributed by atoms with Crippen molar-refractivity contribution < 1.29 is 9.53 Å². The molecule has 1 amide bonds. The molecule has 1 aromatic heterocycles. The Kier molecular flexibility index (Phi) is 3.91. The number of nitrogen functional groups attached to an aromatic ring is 1. The van der Waals surface area contributed by atoms with Crippen molar-refractivity contribution in [2.45, 2.75) is 58.1 Å². The summed E-state index contributed by atoms with van der Waals surface area (Å²) in [6.45, 7) is 8.36. The molecule has 0 aromatic carbocycles. The summed E-state index contributed by atoms with van der Waals surface area (Å²) in [7, 11) is 1.81. The number of carbonyl (C=O) groups excluding carboxylic acids is 1. The van der Waals surface area contributed by atoms with Crippen LogP contribution in [0.4, 0.5) is 10.6 Å². The van der Waals surface area contributed by atoms with Gasteiger partial charge in [-0.15, -0.1) is 0 Å². The Labute approximate surface area is 126 Å². The van der Waals surface area contributed by atoms with Crippen molar-refractivity contribution in [1.82, 2.24) is 14.7 Å². The first kappa shape index (κ1) is 15.7. The van der Waals surface area contributed by atoms with Crippen LogP contribution >= 0.6 is 0 Å². The number of likely N-dealkylation sites (tertiary alicyclic amines) is 1. The zero-order valence-corrected chi connectivity index (χ0v) is 13.6. The van der Waals surface area contributed by atoms with Crippen LogP contribution in [0.3, 0.4) is 0 Å². The average Bonchev–Trinajstić information content (AvgIpc) is 2.68. The molecular formula is C15H26N4O2. The summed E-state index contributed by atoms with van der Waals surface area (Å²) in [5.74, 6) is 0.598. The van der Waals surface area contributed by atoms with Gasteiger partial charge in [0.1, 0.15) is 11.4 Å². The molecule has 21 heavy (non-hydrogen) atoms. The standard InChI is InChI=1S/C15H26N4O2/c1-14(2,3)21-13(20)19-9-7-6-8-15(19,4)11-10-12(16)18(5)17-11/h10H,6-9,16H2,1-5H3. The van der Waals surface area contributed by atoms with E-state index in [1.165, 1.54) is 0 Å². The van der Waals surface area contributed by atoms with E-state index in [-0.39, 0.29) is 6.09 Å². The Morgan fingerprint density at radius 2 is 2.10 bits per heavy atom. The van der Waals surface area contributed by atoms with Crippen molar-refractivity contribution in [2.24, 2.45) is 7.05 Å². The first-order chi connectivity index (χ1) is 9.63. The lowest BCUT2D eigenvalue weighted by atomic mass is 9.86. The second kappa shape index (κ2) is 5.24. The quantitative estimate of drug-likeness (QED) is 0.864. The van der Waals surface area contributed by atoms with Crippen molar-refractivity contribution in [3.63, 3.8) is 0 Å². The molecule has 1 fully saturated rings. The van der Waals surface area contributed by atoms with Crippen LogP contribution in [-0.2, 0) is 17.3 Å². The minimum absolute atomic E-state index is 0.283. The third-order valence-corrected chi connectivity index (χ3v) is 3.97. The zero-order chi connectivity index (χ0) is 15.8. The fraction of sp³-hybridized carbons (Fsp3) is 0.733. The van der Waals surface area contributed by atoms with Gasteiger partial charge in [0, 0.05) is 19.7 Å². The number of carbonyl (C=O) groups is 1. The Morgan fingerprint density at radius 3 is 2.62 bits per heavy atom. The Bertz CT molecular complexity index is 513. The van der Waals surface area contributed by atoms with E-state index in [0.717, 1.165) is 25.0 Å². The number of anilines is 1. The molecule has 1 aliphatic heterocycles. The fourth-order valence-corrected chi connectivity index (χ4v) is 2.74. The van der Waals surface area contributed by atoms with E-state index in [2.05, 4.69) is 5.10 Å². The largest absolute Gasteiger partial charge is 0.444 e. The minimum atomic E-state index is -0.501. The third kappa shape index (κ3) is 3.14. The van der Waals surface area contributed by atoms with Gasteiger partial charge in [-0.2, -0.15) is 5.10 Å². The van der Waals surface area contributed by atoms with Crippen molar-refractivity contribution in [3.8, 4) is 0 Å². The average molecular weight is 294 g/mol. The summed E-state index contributed by atoms with van der Waals surface area (Å²) in [5, 5.41) is 4.48. The SMILES string of the molecule is Cn1nc(C2(C)CCCCN2C(=O)OC(C)(C)C)cc1N. The minimum Gasteiger partial charge on any atom is -0.444 e. The van der Waals surface area contributed by atoms with Crippen LogP contribution in [0.1, 0.15) is 52.7 Å². The van der Waals surface area contributed by atoms with E-state index in [9.17, 15) is 4.79 Å². The van der Waals surface area contributed by atoms with Crippen molar-refractivity contribution in [1.29, 1.82) is 0 Å². The monoisotopic (exact) mass is 294 g/mol. The number of ether oxygens (including phenoxy) is 1. The molecular weight excluding hydrogens is 268 g/mol. The van der Waals surface area contributed by atoms with E-state index in [0.29, 0.717) is 12.4 Å². The van der Waals surface area contributed by atoms with Crippen LogP contribution in [0.15, 0.2) is 6.07 Å². The van der Waals surface area contributed by atoms with E-state index >= 15 is 0 Å². The van der Waals surface area contributed by atoms with Gasteiger partial charge in [-0.3, -0.25) is 9.58 Å². The highest BCUT2D eigenvalue weighted by Gasteiger charge is 2.42. The smallest absolute Gasteiger partial charge is 0.411 e. The van der Waals surface area contributed by atoms with Gasteiger partial charge in [-0.05, 0) is 47.0 Å². The second-order valence-corrected chi connectivity index (χ2v) is 6.94. The molecule has 6 nitrogen and oxygen atoms in total. The molecule has 2 N–H and O–H groups in total. The number of nitrogens with zero attached hydrogens (tertiary/aromatic N) is 3. The van der Waals surface area contributed by atoms with Gasteiger partial charge in [0.15, 0.2) is 0 Å². The maximum Gasteiger partial charge on any atom is 0.411 e. The number of aromatic nitrogens is 2. The van der Waals surface area contributed by atoms with Crippen LogP contribution in [0.25, 0.3) is 0 Å². The van der Waals surface area contributed by atoms with Crippen molar-refractivity contribution in [2.75, 3.05) is 12.3 Å². The highest BCUT2D eigenvalue weighted by Crippen LogP contribution is 2.38. The molecule has 1 aromatic rings.